The van der Waals surface area contributed by atoms with E-state index in [1.165, 1.54) is 6.39 Å². The van der Waals surface area contributed by atoms with Gasteiger partial charge in [0, 0.05) is 0 Å². The summed E-state index contributed by atoms with van der Waals surface area (Å²) >= 11 is 0. The normalized spacial score (nSPS) is 10.5. The average Bonchev–Trinajstić information content (AvgIpc) is 2.89. The lowest BCUT2D eigenvalue weighted by Crippen LogP contribution is -2.10. The zero-order valence-corrected chi connectivity index (χ0v) is 9.84. The maximum atomic E-state index is 4.63. The number of hydrogen-bond donors (Lipinski definition) is 1. The Morgan fingerprint density at radius 1 is 1.18 bits per heavy atom. The summed E-state index contributed by atoms with van der Waals surface area (Å²) in [6.45, 7) is 4.51. The molecule has 0 aliphatic heterocycles. The molecule has 7 heteroatoms. The Morgan fingerprint density at radius 2 is 2.00 bits per heavy atom. The maximum Gasteiger partial charge on any atom is 0.243 e. The molecule has 0 atom stereocenters. The predicted octanol–water partition coefficient (Wildman–Crippen LogP) is 0.992. The van der Waals surface area contributed by atoms with E-state index in [9.17, 15) is 0 Å². The van der Waals surface area contributed by atoms with Gasteiger partial charge in [-0.2, -0.15) is 10.1 Å². The molecule has 0 amide bonds. The molecule has 2 aromatic rings. The molecule has 1 N–H and O–H groups in total. The highest BCUT2D eigenvalue weighted by Crippen LogP contribution is 2.07. The number of rotatable bonds is 5. The van der Waals surface area contributed by atoms with Crippen molar-refractivity contribution in [2.45, 2.75) is 33.2 Å². The monoisotopic (exact) mass is 234 g/mol. The Kier molecular flexibility index (Phi) is 3.59. The molecule has 0 saturated heterocycles. The molecule has 0 radical (unpaired) electrons. The molecule has 0 aliphatic carbocycles. The van der Waals surface area contributed by atoms with Crippen molar-refractivity contribution in [1.82, 2.24) is 25.3 Å². The molecule has 2 aromatic heterocycles. The van der Waals surface area contributed by atoms with Gasteiger partial charge in [-0.1, -0.05) is 19.0 Å². The van der Waals surface area contributed by atoms with Crippen molar-refractivity contribution >= 4 is 5.95 Å². The molecule has 0 aliphatic rings. The van der Waals surface area contributed by atoms with Gasteiger partial charge < -0.3 is 9.84 Å². The number of hydrogen-bond acceptors (Lipinski definition) is 7. The average molecular weight is 234 g/mol. The Hall–Kier alpha value is -2.05. The van der Waals surface area contributed by atoms with E-state index in [2.05, 4.69) is 35.2 Å². The van der Waals surface area contributed by atoms with Crippen molar-refractivity contribution in [3.8, 4) is 0 Å². The molecule has 0 unspecified atom stereocenters. The number of anilines is 1. The van der Waals surface area contributed by atoms with Gasteiger partial charge in [0.1, 0.15) is 0 Å². The van der Waals surface area contributed by atoms with Gasteiger partial charge >= 0.3 is 0 Å². The number of nitrogens with zero attached hydrogens (tertiary/aromatic N) is 5. The quantitative estimate of drug-likeness (QED) is 0.825. The SMILES string of the molecule is CCc1nnc(NCc2ncon2)nc1CC. The first kappa shape index (κ1) is 11.4. The second-order valence-corrected chi connectivity index (χ2v) is 3.44. The van der Waals surface area contributed by atoms with E-state index in [0.717, 1.165) is 24.2 Å². The first-order chi connectivity index (χ1) is 8.33. The van der Waals surface area contributed by atoms with Crippen LogP contribution < -0.4 is 5.32 Å². The summed E-state index contributed by atoms with van der Waals surface area (Å²) in [5.74, 6) is 1.05. The van der Waals surface area contributed by atoms with Crippen molar-refractivity contribution in [1.29, 1.82) is 0 Å². The number of nitrogens with one attached hydrogen (secondary N) is 1. The Morgan fingerprint density at radius 3 is 2.65 bits per heavy atom. The van der Waals surface area contributed by atoms with Crippen molar-refractivity contribution in [3.63, 3.8) is 0 Å². The van der Waals surface area contributed by atoms with E-state index in [1.54, 1.807) is 0 Å². The molecular weight excluding hydrogens is 220 g/mol. The van der Waals surface area contributed by atoms with Gasteiger partial charge in [-0.05, 0) is 12.8 Å². The van der Waals surface area contributed by atoms with Gasteiger partial charge in [0.2, 0.25) is 12.3 Å². The summed E-state index contributed by atoms with van der Waals surface area (Å²) in [5, 5.41) is 14.8. The predicted molar refractivity (Wildman–Crippen MR) is 60.2 cm³/mol. The first-order valence-corrected chi connectivity index (χ1v) is 5.55. The summed E-state index contributed by atoms with van der Waals surface area (Å²) in [4.78, 5) is 8.28. The number of aromatic nitrogens is 5. The lowest BCUT2D eigenvalue weighted by Gasteiger charge is -2.05. The van der Waals surface area contributed by atoms with Crippen LogP contribution in [0.4, 0.5) is 5.95 Å². The molecule has 0 bridgehead atoms. The molecular formula is C10H14N6O. The van der Waals surface area contributed by atoms with Crippen LogP contribution >= 0.6 is 0 Å². The largest absolute Gasteiger partial charge is 0.345 e. The van der Waals surface area contributed by atoms with E-state index >= 15 is 0 Å². The summed E-state index contributed by atoms with van der Waals surface area (Å²) in [7, 11) is 0. The minimum absolute atomic E-state index is 0.423. The van der Waals surface area contributed by atoms with Crippen LogP contribution in [0.25, 0.3) is 0 Å². The molecule has 2 rings (SSSR count). The van der Waals surface area contributed by atoms with Crippen molar-refractivity contribution < 1.29 is 4.52 Å². The Bertz CT molecular complexity index is 470. The van der Waals surface area contributed by atoms with Crippen LogP contribution in [0, 0.1) is 0 Å². The molecule has 17 heavy (non-hydrogen) atoms. The Labute approximate surface area is 98.7 Å². The summed E-state index contributed by atoms with van der Waals surface area (Å²) in [6.07, 6.45) is 2.97. The molecule has 0 spiro atoms. The van der Waals surface area contributed by atoms with Crippen LogP contribution in [-0.2, 0) is 19.4 Å². The lowest BCUT2D eigenvalue weighted by atomic mass is 10.2. The van der Waals surface area contributed by atoms with Gasteiger partial charge in [0.15, 0.2) is 5.82 Å². The Balaban J connectivity index is 2.06. The van der Waals surface area contributed by atoms with Crippen molar-refractivity contribution in [3.05, 3.63) is 23.6 Å². The fourth-order valence-corrected chi connectivity index (χ4v) is 1.44. The van der Waals surface area contributed by atoms with Gasteiger partial charge in [0.05, 0.1) is 17.9 Å². The van der Waals surface area contributed by atoms with E-state index in [0.29, 0.717) is 18.3 Å². The molecule has 2 heterocycles. The minimum Gasteiger partial charge on any atom is -0.345 e. The van der Waals surface area contributed by atoms with Crippen LogP contribution in [0.2, 0.25) is 0 Å². The summed E-state index contributed by atoms with van der Waals surface area (Å²) in [5.41, 5.74) is 1.91. The van der Waals surface area contributed by atoms with Crippen LogP contribution in [0.3, 0.4) is 0 Å². The third-order valence-corrected chi connectivity index (χ3v) is 2.32. The molecule has 7 nitrogen and oxygen atoms in total. The summed E-state index contributed by atoms with van der Waals surface area (Å²) in [6, 6.07) is 0. The second kappa shape index (κ2) is 5.33. The van der Waals surface area contributed by atoms with Gasteiger partial charge in [-0.25, -0.2) is 4.98 Å². The minimum atomic E-state index is 0.423. The third-order valence-electron chi connectivity index (χ3n) is 2.32. The highest BCUT2D eigenvalue weighted by atomic mass is 16.5. The van der Waals surface area contributed by atoms with Gasteiger partial charge in [-0.15, -0.1) is 5.10 Å². The van der Waals surface area contributed by atoms with Crippen molar-refractivity contribution in [2.75, 3.05) is 5.32 Å². The molecule has 0 saturated carbocycles. The highest BCUT2D eigenvalue weighted by molar-refractivity contribution is 5.25. The van der Waals surface area contributed by atoms with E-state index in [-0.39, 0.29) is 0 Å². The second-order valence-electron chi connectivity index (χ2n) is 3.44. The smallest absolute Gasteiger partial charge is 0.243 e. The van der Waals surface area contributed by atoms with Crippen LogP contribution in [-0.4, -0.2) is 25.3 Å². The zero-order valence-electron chi connectivity index (χ0n) is 9.84. The molecule has 0 aromatic carbocycles. The molecule has 90 valence electrons. The summed E-state index contributed by atoms with van der Waals surface area (Å²) < 4.78 is 4.63. The van der Waals surface area contributed by atoms with Gasteiger partial charge in [0.25, 0.3) is 0 Å². The van der Waals surface area contributed by atoms with E-state index in [1.807, 2.05) is 13.8 Å². The van der Waals surface area contributed by atoms with Crippen LogP contribution in [0.5, 0.6) is 0 Å². The fraction of sp³-hybridized carbons (Fsp3) is 0.500. The standard InChI is InChI=1S/C10H14N6O/c1-3-7-8(4-2)14-15-10(13-7)11-5-9-12-6-17-16-9/h6H,3-5H2,1-2H3,(H,11,13,15). The topological polar surface area (TPSA) is 89.6 Å². The van der Waals surface area contributed by atoms with E-state index in [4.69, 9.17) is 0 Å². The third kappa shape index (κ3) is 2.74. The van der Waals surface area contributed by atoms with Gasteiger partial charge in [-0.3, -0.25) is 0 Å². The molecule has 0 fully saturated rings. The fourth-order valence-electron chi connectivity index (χ4n) is 1.44. The maximum absolute atomic E-state index is 4.63. The van der Waals surface area contributed by atoms with E-state index < -0.39 is 0 Å². The highest BCUT2D eigenvalue weighted by Gasteiger charge is 2.06. The first-order valence-electron chi connectivity index (χ1n) is 5.55. The van der Waals surface area contributed by atoms with Crippen LogP contribution in [0.15, 0.2) is 10.9 Å². The van der Waals surface area contributed by atoms with Crippen molar-refractivity contribution in [2.24, 2.45) is 0 Å². The lowest BCUT2D eigenvalue weighted by molar-refractivity contribution is 0.411. The van der Waals surface area contributed by atoms with Crippen LogP contribution in [0.1, 0.15) is 31.1 Å². The number of aryl methyl sites for hydroxylation is 2. The zero-order chi connectivity index (χ0) is 12.1.